The Labute approximate surface area is 26.1 Å². The molecule has 1 aliphatic heterocycles. The van der Waals surface area contributed by atoms with Gasteiger partial charge in [-0.15, -0.1) is 0 Å². The number of aliphatic imine (C=N–C) groups is 1. The Morgan fingerprint density at radius 2 is 2.25 bits per heavy atom. The van der Waals surface area contributed by atoms with Crippen LogP contribution in [0.2, 0.25) is 0 Å². The molecule has 2 heteroatoms. The normalized spacial score (nSPS) is 19.5. The first-order chi connectivity index (χ1) is 1.89. The summed E-state index contributed by atoms with van der Waals surface area (Å²) in [5, 5.41) is 0. The van der Waals surface area contributed by atoms with Gasteiger partial charge in [0.25, 0.3) is 0 Å². The van der Waals surface area contributed by atoms with Crippen molar-refractivity contribution < 1.29 is 0 Å². The lowest BCUT2D eigenvalue weighted by molar-refractivity contribution is 1.57. The molecule has 0 N–H and O–H groups in total. The molecular weight excluding hydrogens is 48.8 g/mol. The average Bonchev–Trinajstić information content (AvgIpc) is 1.75. The number of nitrogens with zero attached hydrogens (tertiary/aromatic N) is 1. The van der Waals surface area contributed by atoms with E-state index in [9.17, 15) is 0 Å². The topological polar surface area (TPSA) is 12.4 Å². The van der Waals surface area contributed by atoms with Crippen molar-refractivity contribution in [2.75, 3.05) is 6.54 Å². The van der Waals surface area contributed by atoms with E-state index in [1.165, 1.54) is 0 Å². The lowest BCUT2D eigenvalue weighted by Gasteiger charge is -1.37. The summed E-state index contributed by atoms with van der Waals surface area (Å²) in [6, 6.07) is 0. The zero-order valence-corrected chi connectivity index (χ0v) is 2.23. The molecule has 0 unspecified atom stereocenters. The van der Waals surface area contributed by atoms with Crippen LogP contribution >= 0.6 is 0 Å². The van der Waals surface area contributed by atoms with Gasteiger partial charge in [0.05, 0.1) is 6.54 Å². The van der Waals surface area contributed by atoms with Crippen molar-refractivity contribution in [1.29, 1.82) is 0 Å². The van der Waals surface area contributed by atoms with Gasteiger partial charge in [0.1, 0.15) is 7.85 Å². The molecule has 2 radical (unpaired) electrons. The first-order valence-electron chi connectivity index (χ1n) is 1.18. The maximum atomic E-state index is 4.97. The summed E-state index contributed by atoms with van der Waals surface area (Å²) < 4.78 is 0. The van der Waals surface area contributed by atoms with E-state index in [1.54, 1.807) is 0 Å². The summed E-state index contributed by atoms with van der Waals surface area (Å²) in [5.41, 5.74) is 0.792. The van der Waals surface area contributed by atoms with E-state index in [-0.39, 0.29) is 0 Å². The fraction of sp³-hybridized carbons (Fsp3) is 0.500. The summed E-state index contributed by atoms with van der Waals surface area (Å²) >= 11 is 0. The number of hydrogen-bond acceptors (Lipinski definition) is 1. The number of hydrogen-bond donors (Lipinski definition) is 0. The summed E-state index contributed by atoms with van der Waals surface area (Å²) in [4.78, 5) is 3.60. The lowest BCUT2D eigenvalue weighted by atomic mass is 10.1. The molecule has 0 saturated carbocycles. The van der Waals surface area contributed by atoms with Crippen LogP contribution in [0.15, 0.2) is 4.99 Å². The molecule has 0 aromatic heterocycles. The van der Waals surface area contributed by atoms with Crippen LogP contribution in [0.5, 0.6) is 0 Å². The van der Waals surface area contributed by atoms with Gasteiger partial charge in [-0.2, -0.15) is 0 Å². The smallest absolute Gasteiger partial charge is 0.137 e. The van der Waals surface area contributed by atoms with Gasteiger partial charge in [0.2, 0.25) is 0 Å². The second-order valence-corrected chi connectivity index (χ2v) is 0.808. The van der Waals surface area contributed by atoms with Crippen LogP contribution in [0.3, 0.4) is 0 Å². The molecule has 1 rings (SSSR count). The quantitative estimate of drug-likeness (QED) is 0.331. The molecule has 0 amide bonds. The Hall–Kier alpha value is -0.265. The van der Waals surface area contributed by atoms with Crippen LogP contribution in [0.1, 0.15) is 0 Å². The van der Waals surface area contributed by atoms with Crippen molar-refractivity contribution >= 4 is 13.5 Å². The van der Waals surface area contributed by atoms with Crippen LogP contribution in [-0.4, -0.2) is 20.0 Å². The largest absolute Gasteiger partial charge is 0.299 e. The average molecular weight is 50.9 g/mol. The molecule has 1 nitrogen and oxygen atoms in total. The lowest BCUT2D eigenvalue weighted by Crippen LogP contribution is -1.70. The monoisotopic (exact) mass is 51.0 g/mol. The molecule has 0 aliphatic carbocycles. The Balaban J connectivity index is 2.54. The molecule has 1 heterocycles. The van der Waals surface area contributed by atoms with Gasteiger partial charge in [-0.25, -0.2) is 0 Å². The first-order valence-corrected chi connectivity index (χ1v) is 1.18. The standard InChI is InChI=1S/C2H2BN/c3-2-1-4-2/h1H2. The van der Waals surface area contributed by atoms with E-state index in [2.05, 4.69) is 4.99 Å². The minimum absolute atomic E-state index is 0.792. The van der Waals surface area contributed by atoms with Crippen LogP contribution < -0.4 is 0 Å². The third-order valence-electron chi connectivity index (χ3n) is 0.341. The fourth-order valence-corrected chi connectivity index (χ4v) is 0.0456. The van der Waals surface area contributed by atoms with E-state index in [0.29, 0.717) is 0 Å². The second kappa shape index (κ2) is 0.367. The Morgan fingerprint density at radius 1 is 2.00 bits per heavy atom. The summed E-state index contributed by atoms with van der Waals surface area (Å²) in [7, 11) is 4.97. The van der Waals surface area contributed by atoms with Crippen molar-refractivity contribution in [2.45, 2.75) is 0 Å². The van der Waals surface area contributed by atoms with Crippen molar-refractivity contribution in [2.24, 2.45) is 4.99 Å². The Morgan fingerprint density at radius 3 is 2.25 bits per heavy atom. The Bertz CT molecular complexity index is 57.1. The molecule has 4 heavy (non-hydrogen) atoms. The molecule has 0 spiro atoms. The minimum Gasteiger partial charge on any atom is -0.299 e. The summed E-state index contributed by atoms with van der Waals surface area (Å²) in [6.07, 6.45) is 0. The SMILES string of the molecule is [B]C1=NC1. The molecule has 0 atom stereocenters. The first kappa shape index (κ1) is 2.00. The van der Waals surface area contributed by atoms with E-state index in [1.807, 2.05) is 0 Å². The van der Waals surface area contributed by atoms with Crippen LogP contribution in [0, 0.1) is 0 Å². The third-order valence-corrected chi connectivity index (χ3v) is 0.341. The maximum absolute atomic E-state index is 4.97. The molecular formula is C2H2BN. The predicted molar refractivity (Wildman–Crippen MR) is 18.1 cm³/mol. The van der Waals surface area contributed by atoms with Crippen LogP contribution in [0.25, 0.3) is 0 Å². The zero-order valence-electron chi connectivity index (χ0n) is 2.23. The zero-order chi connectivity index (χ0) is 2.99. The molecule has 0 aromatic rings. The minimum atomic E-state index is 0.792. The van der Waals surface area contributed by atoms with Gasteiger partial charge in [-0.1, -0.05) is 0 Å². The highest BCUT2D eigenvalue weighted by Crippen LogP contribution is 1.86. The van der Waals surface area contributed by atoms with Crippen molar-refractivity contribution in [3.05, 3.63) is 0 Å². The van der Waals surface area contributed by atoms with E-state index in [0.717, 1.165) is 12.2 Å². The third kappa shape index (κ3) is 0.125. The molecule has 18 valence electrons. The van der Waals surface area contributed by atoms with Gasteiger partial charge in [0.15, 0.2) is 0 Å². The van der Waals surface area contributed by atoms with E-state index >= 15 is 0 Å². The van der Waals surface area contributed by atoms with Crippen molar-refractivity contribution in [1.82, 2.24) is 0 Å². The molecule has 0 saturated heterocycles. The summed E-state index contributed by atoms with van der Waals surface area (Å²) in [5.74, 6) is 0. The van der Waals surface area contributed by atoms with Crippen LogP contribution in [-0.2, 0) is 0 Å². The van der Waals surface area contributed by atoms with E-state index in [4.69, 9.17) is 7.85 Å². The highest BCUT2D eigenvalue weighted by molar-refractivity contribution is 6.64. The fourth-order valence-electron chi connectivity index (χ4n) is 0.0456. The van der Waals surface area contributed by atoms with Gasteiger partial charge in [-0.3, -0.25) is 4.99 Å². The highest BCUT2D eigenvalue weighted by atomic mass is 14.9. The molecule has 0 aromatic carbocycles. The Kier molecular flexibility index (Phi) is 0.184. The van der Waals surface area contributed by atoms with Gasteiger partial charge < -0.3 is 0 Å². The highest BCUT2D eigenvalue weighted by Gasteiger charge is 1.95. The van der Waals surface area contributed by atoms with Gasteiger partial charge >= 0.3 is 0 Å². The molecule has 1 aliphatic rings. The van der Waals surface area contributed by atoms with Crippen molar-refractivity contribution in [3.63, 3.8) is 0 Å². The molecule has 0 bridgehead atoms. The maximum Gasteiger partial charge on any atom is 0.137 e. The van der Waals surface area contributed by atoms with Crippen molar-refractivity contribution in [3.8, 4) is 0 Å². The predicted octanol–water partition coefficient (Wildman–Crippen LogP) is -0.433. The van der Waals surface area contributed by atoms with Gasteiger partial charge in [-0.05, 0) is 5.61 Å². The summed E-state index contributed by atoms with van der Waals surface area (Å²) in [6.45, 7) is 0.806. The van der Waals surface area contributed by atoms with Gasteiger partial charge in [0, 0.05) is 0 Å². The second-order valence-electron chi connectivity index (χ2n) is 0.808. The van der Waals surface area contributed by atoms with E-state index < -0.39 is 0 Å². The number of rotatable bonds is 0. The van der Waals surface area contributed by atoms with Crippen LogP contribution in [0.4, 0.5) is 0 Å². The molecule has 0 fully saturated rings.